The standard InChI is InChI=1S/C8H14N2O3/c1-2-6-9-7-4-3-5-8(9)13-10(11)12/h2,8H,1,3-7H2. The SMILES string of the molecule is C=CCN1CCCCC1O[N+](=O)[O-]. The second-order valence-corrected chi connectivity index (χ2v) is 3.06. The minimum atomic E-state index is -0.716. The van der Waals surface area contributed by atoms with Crippen molar-refractivity contribution < 1.29 is 9.92 Å². The zero-order chi connectivity index (χ0) is 9.68. The van der Waals surface area contributed by atoms with Gasteiger partial charge in [-0.15, -0.1) is 16.7 Å². The van der Waals surface area contributed by atoms with Gasteiger partial charge in [0.2, 0.25) is 0 Å². The molecule has 1 heterocycles. The fourth-order valence-corrected chi connectivity index (χ4v) is 1.55. The van der Waals surface area contributed by atoms with E-state index in [1.807, 2.05) is 4.90 Å². The van der Waals surface area contributed by atoms with Crippen LogP contribution in [0.1, 0.15) is 19.3 Å². The van der Waals surface area contributed by atoms with E-state index < -0.39 is 5.09 Å². The fourth-order valence-electron chi connectivity index (χ4n) is 1.55. The first-order valence-corrected chi connectivity index (χ1v) is 4.40. The van der Waals surface area contributed by atoms with Crippen LogP contribution in [-0.4, -0.2) is 29.3 Å². The van der Waals surface area contributed by atoms with Gasteiger partial charge in [-0.25, -0.2) is 0 Å². The van der Waals surface area contributed by atoms with Crippen molar-refractivity contribution in [2.75, 3.05) is 13.1 Å². The Kier molecular flexibility index (Phi) is 3.70. The summed E-state index contributed by atoms with van der Waals surface area (Å²) in [4.78, 5) is 16.6. The van der Waals surface area contributed by atoms with Crippen LogP contribution in [0.25, 0.3) is 0 Å². The molecule has 5 heteroatoms. The summed E-state index contributed by atoms with van der Waals surface area (Å²) < 4.78 is 0. The maximum Gasteiger partial charge on any atom is 0.296 e. The van der Waals surface area contributed by atoms with Gasteiger partial charge in [-0.1, -0.05) is 6.08 Å². The van der Waals surface area contributed by atoms with Crippen molar-refractivity contribution in [3.05, 3.63) is 22.8 Å². The van der Waals surface area contributed by atoms with Crippen LogP contribution >= 0.6 is 0 Å². The number of hydrogen-bond acceptors (Lipinski definition) is 4. The van der Waals surface area contributed by atoms with Gasteiger partial charge < -0.3 is 0 Å². The van der Waals surface area contributed by atoms with Gasteiger partial charge in [0.05, 0.1) is 0 Å². The molecule has 1 aliphatic heterocycles. The average molecular weight is 186 g/mol. The van der Waals surface area contributed by atoms with E-state index in [0.29, 0.717) is 6.54 Å². The van der Waals surface area contributed by atoms with Crippen molar-refractivity contribution in [3.8, 4) is 0 Å². The molecule has 0 bridgehead atoms. The van der Waals surface area contributed by atoms with Gasteiger partial charge in [-0.05, 0) is 19.3 Å². The molecule has 1 saturated heterocycles. The molecule has 1 fully saturated rings. The summed E-state index contributed by atoms with van der Waals surface area (Å²) in [6.07, 6.45) is 4.16. The molecule has 0 N–H and O–H groups in total. The van der Waals surface area contributed by atoms with Crippen LogP contribution in [0.2, 0.25) is 0 Å². The Morgan fingerprint density at radius 2 is 2.46 bits per heavy atom. The summed E-state index contributed by atoms with van der Waals surface area (Å²) in [5, 5.41) is 9.43. The van der Waals surface area contributed by atoms with Crippen molar-refractivity contribution in [1.82, 2.24) is 4.90 Å². The van der Waals surface area contributed by atoms with Crippen LogP contribution in [0.3, 0.4) is 0 Å². The van der Waals surface area contributed by atoms with Crippen LogP contribution in [0.15, 0.2) is 12.7 Å². The lowest BCUT2D eigenvalue weighted by molar-refractivity contribution is -0.775. The molecule has 1 rings (SSSR count). The molecule has 74 valence electrons. The Morgan fingerprint density at radius 1 is 1.69 bits per heavy atom. The van der Waals surface area contributed by atoms with Crippen LogP contribution in [0.4, 0.5) is 0 Å². The van der Waals surface area contributed by atoms with Gasteiger partial charge in [0.25, 0.3) is 5.09 Å². The topological polar surface area (TPSA) is 55.6 Å². The predicted molar refractivity (Wildman–Crippen MR) is 47.5 cm³/mol. The maximum absolute atomic E-state index is 10.1. The summed E-state index contributed by atoms with van der Waals surface area (Å²) >= 11 is 0. The van der Waals surface area contributed by atoms with Gasteiger partial charge in [0, 0.05) is 13.1 Å². The molecule has 0 aromatic rings. The normalized spacial score (nSPS) is 23.8. The molecule has 13 heavy (non-hydrogen) atoms. The Bertz CT molecular complexity index is 196. The van der Waals surface area contributed by atoms with E-state index in [1.165, 1.54) is 0 Å². The molecule has 0 aromatic heterocycles. The largest absolute Gasteiger partial charge is 0.296 e. The van der Waals surface area contributed by atoms with E-state index in [0.717, 1.165) is 25.8 Å². The molecule has 1 atom stereocenters. The lowest BCUT2D eigenvalue weighted by atomic mass is 10.1. The zero-order valence-corrected chi connectivity index (χ0v) is 7.52. The molecule has 5 nitrogen and oxygen atoms in total. The fraction of sp³-hybridized carbons (Fsp3) is 0.750. The smallest absolute Gasteiger partial charge is 0.295 e. The lowest BCUT2D eigenvalue weighted by Crippen LogP contribution is -2.42. The maximum atomic E-state index is 10.1. The Labute approximate surface area is 77.1 Å². The minimum Gasteiger partial charge on any atom is -0.295 e. The van der Waals surface area contributed by atoms with Gasteiger partial charge in [0.1, 0.15) is 0 Å². The van der Waals surface area contributed by atoms with E-state index in [2.05, 4.69) is 11.4 Å². The summed E-state index contributed by atoms with van der Waals surface area (Å²) in [5.41, 5.74) is 0. The third kappa shape index (κ3) is 3.02. The first-order chi connectivity index (χ1) is 6.24. The van der Waals surface area contributed by atoms with E-state index in [9.17, 15) is 10.1 Å². The average Bonchev–Trinajstić information content (AvgIpc) is 2.08. The third-order valence-electron chi connectivity index (χ3n) is 2.13. The highest BCUT2D eigenvalue weighted by molar-refractivity contribution is 4.77. The Balaban J connectivity index is 2.45. The molecule has 0 aliphatic carbocycles. The Morgan fingerprint density at radius 3 is 3.08 bits per heavy atom. The van der Waals surface area contributed by atoms with Crippen molar-refractivity contribution in [3.63, 3.8) is 0 Å². The van der Waals surface area contributed by atoms with E-state index in [4.69, 9.17) is 0 Å². The van der Waals surface area contributed by atoms with Crippen molar-refractivity contribution >= 4 is 0 Å². The molecule has 0 amide bonds. The molecule has 1 aliphatic rings. The van der Waals surface area contributed by atoms with Crippen LogP contribution in [0.5, 0.6) is 0 Å². The molecule has 0 spiro atoms. The highest BCUT2D eigenvalue weighted by atomic mass is 17.0. The first-order valence-electron chi connectivity index (χ1n) is 4.40. The second kappa shape index (κ2) is 4.81. The number of likely N-dealkylation sites (tertiary alicyclic amines) is 1. The monoisotopic (exact) mass is 186 g/mol. The number of hydrogen-bond donors (Lipinski definition) is 0. The number of rotatable bonds is 4. The van der Waals surface area contributed by atoms with E-state index in [-0.39, 0.29) is 6.23 Å². The molecule has 0 aromatic carbocycles. The van der Waals surface area contributed by atoms with Gasteiger partial charge in [0.15, 0.2) is 6.23 Å². The molecular formula is C8H14N2O3. The zero-order valence-electron chi connectivity index (χ0n) is 7.52. The number of piperidine rings is 1. The van der Waals surface area contributed by atoms with E-state index in [1.54, 1.807) is 6.08 Å². The van der Waals surface area contributed by atoms with Crippen LogP contribution < -0.4 is 0 Å². The van der Waals surface area contributed by atoms with Crippen LogP contribution in [0, 0.1) is 10.1 Å². The van der Waals surface area contributed by atoms with E-state index >= 15 is 0 Å². The highest BCUT2D eigenvalue weighted by Gasteiger charge is 2.24. The second-order valence-electron chi connectivity index (χ2n) is 3.06. The van der Waals surface area contributed by atoms with Crippen molar-refractivity contribution in [1.29, 1.82) is 0 Å². The quantitative estimate of drug-likeness (QED) is 0.376. The molecular weight excluding hydrogens is 172 g/mol. The molecule has 1 unspecified atom stereocenters. The van der Waals surface area contributed by atoms with Gasteiger partial charge in [-0.2, -0.15) is 0 Å². The summed E-state index contributed by atoms with van der Waals surface area (Å²) in [7, 11) is 0. The van der Waals surface area contributed by atoms with Gasteiger partial charge in [-0.3, -0.25) is 9.74 Å². The molecule has 0 radical (unpaired) electrons. The third-order valence-corrected chi connectivity index (χ3v) is 2.13. The minimum absolute atomic E-state index is 0.373. The summed E-state index contributed by atoms with van der Waals surface area (Å²) in [6.45, 7) is 5.10. The Hall–Kier alpha value is -1.10. The molecule has 0 saturated carbocycles. The van der Waals surface area contributed by atoms with Crippen LogP contribution in [-0.2, 0) is 4.84 Å². The lowest BCUT2D eigenvalue weighted by Gasteiger charge is -2.32. The predicted octanol–water partition coefficient (Wildman–Crippen LogP) is 1.19. The first kappa shape index (κ1) is 9.98. The van der Waals surface area contributed by atoms with Crippen molar-refractivity contribution in [2.45, 2.75) is 25.5 Å². The van der Waals surface area contributed by atoms with Crippen molar-refractivity contribution in [2.24, 2.45) is 0 Å². The number of nitrogens with zero attached hydrogens (tertiary/aromatic N) is 2. The van der Waals surface area contributed by atoms with Gasteiger partial charge >= 0.3 is 0 Å². The summed E-state index contributed by atoms with van der Waals surface area (Å²) in [5.74, 6) is 0. The highest BCUT2D eigenvalue weighted by Crippen LogP contribution is 2.17. The summed E-state index contributed by atoms with van der Waals surface area (Å²) in [6, 6.07) is 0.